The fourth-order valence-corrected chi connectivity index (χ4v) is 4.90. The highest BCUT2D eigenvalue weighted by Crippen LogP contribution is 2.32. The zero-order valence-corrected chi connectivity index (χ0v) is 19.3. The minimum atomic E-state index is 0.476. The summed E-state index contributed by atoms with van der Waals surface area (Å²) in [5, 5.41) is 11.5. The summed E-state index contributed by atoms with van der Waals surface area (Å²) in [6.45, 7) is 5.98. The molecule has 2 fully saturated rings. The molecule has 3 N–H and O–H groups in total. The number of anilines is 2. The van der Waals surface area contributed by atoms with E-state index in [1.165, 1.54) is 25.7 Å². The van der Waals surface area contributed by atoms with E-state index < -0.39 is 0 Å². The molecule has 1 saturated carbocycles. The molecule has 0 amide bonds. The number of pyridine rings is 1. The second-order valence-electron chi connectivity index (χ2n) is 8.82. The molecule has 2 aromatic rings. The van der Waals surface area contributed by atoms with Gasteiger partial charge in [0.1, 0.15) is 5.82 Å². The van der Waals surface area contributed by atoms with Crippen LogP contribution in [0, 0.1) is 5.92 Å². The van der Waals surface area contributed by atoms with Gasteiger partial charge in [-0.05, 0) is 74.8 Å². The van der Waals surface area contributed by atoms with Gasteiger partial charge >= 0.3 is 0 Å². The number of halogens is 1. The van der Waals surface area contributed by atoms with Crippen LogP contribution in [-0.4, -0.2) is 43.4 Å². The third-order valence-corrected chi connectivity index (χ3v) is 6.84. The van der Waals surface area contributed by atoms with Gasteiger partial charge in [0.25, 0.3) is 0 Å². The number of nitrogens with one attached hydrogen (secondary N) is 3. The zero-order valence-electron chi connectivity index (χ0n) is 18.5. The van der Waals surface area contributed by atoms with E-state index in [9.17, 15) is 0 Å². The minimum absolute atomic E-state index is 0.476. The predicted octanol–water partition coefficient (Wildman–Crippen LogP) is 5.57. The van der Waals surface area contributed by atoms with Crippen molar-refractivity contribution in [3.8, 4) is 11.1 Å². The van der Waals surface area contributed by atoms with E-state index in [1.807, 2.05) is 0 Å². The molecule has 6 heteroatoms. The predicted molar refractivity (Wildman–Crippen MR) is 130 cm³/mol. The van der Waals surface area contributed by atoms with Crippen molar-refractivity contribution >= 4 is 23.1 Å². The third kappa shape index (κ3) is 6.34. The quantitative estimate of drug-likeness (QED) is 0.498. The van der Waals surface area contributed by atoms with Gasteiger partial charge in [-0.3, -0.25) is 0 Å². The fourth-order valence-electron chi connectivity index (χ4n) is 4.69. The summed E-state index contributed by atoms with van der Waals surface area (Å²) in [6.07, 6.45) is 8.81. The van der Waals surface area contributed by atoms with Gasteiger partial charge in [0.15, 0.2) is 0 Å². The van der Waals surface area contributed by atoms with Crippen LogP contribution in [0.5, 0.6) is 0 Å². The van der Waals surface area contributed by atoms with Crippen LogP contribution < -0.4 is 16.0 Å². The van der Waals surface area contributed by atoms with Gasteiger partial charge in [0.2, 0.25) is 0 Å². The molecular weight excluding hydrogens is 408 g/mol. The second kappa shape index (κ2) is 11.2. The molecule has 0 atom stereocenters. The van der Waals surface area contributed by atoms with Crippen LogP contribution in [0.1, 0.15) is 45.4 Å². The molecule has 4 rings (SSSR count). The minimum Gasteiger partial charge on any atom is -0.385 e. The molecule has 168 valence electrons. The lowest BCUT2D eigenvalue weighted by Crippen LogP contribution is -2.36. The highest BCUT2D eigenvalue weighted by molar-refractivity contribution is 6.33. The Labute approximate surface area is 191 Å². The van der Waals surface area contributed by atoms with Gasteiger partial charge in [-0.2, -0.15) is 0 Å². The summed E-state index contributed by atoms with van der Waals surface area (Å²) >= 11 is 6.55. The Morgan fingerprint density at radius 3 is 2.58 bits per heavy atom. The fraction of sp³-hybridized carbons (Fsp3) is 0.560. The van der Waals surface area contributed by atoms with Gasteiger partial charge in [-0.25, -0.2) is 4.98 Å². The Morgan fingerprint density at radius 2 is 1.81 bits per heavy atom. The van der Waals surface area contributed by atoms with Gasteiger partial charge < -0.3 is 20.7 Å². The van der Waals surface area contributed by atoms with E-state index in [4.69, 9.17) is 16.3 Å². The Morgan fingerprint density at radius 1 is 1.03 bits per heavy atom. The number of benzene rings is 1. The van der Waals surface area contributed by atoms with Gasteiger partial charge in [0, 0.05) is 49.3 Å². The number of hydrogen-bond donors (Lipinski definition) is 3. The first-order valence-corrected chi connectivity index (χ1v) is 12.2. The van der Waals surface area contributed by atoms with Crippen LogP contribution in [0.15, 0.2) is 36.5 Å². The van der Waals surface area contributed by atoms with Crippen molar-refractivity contribution < 1.29 is 4.74 Å². The summed E-state index contributed by atoms with van der Waals surface area (Å²) in [5.74, 6) is 1.59. The van der Waals surface area contributed by atoms with E-state index in [-0.39, 0.29) is 0 Å². The van der Waals surface area contributed by atoms with Crippen molar-refractivity contribution in [1.29, 1.82) is 0 Å². The number of hydrogen-bond acceptors (Lipinski definition) is 5. The molecule has 2 aliphatic rings. The Hall–Kier alpha value is -1.82. The summed E-state index contributed by atoms with van der Waals surface area (Å²) < 4.78 is 5.47. The van der Waals surface area contributed by atoms with E-state index in [0.717, 1.165) is 61.8 Å². The van der Waals surface area contributed by atoms with Crippen LogP contribution in [0.4, 0.5) is 11.5 Å². The average molecular weight is 443 g/mol. The van der Waals surface area contributed by atoms with Gasteiger partial charge in [-0.15, -0.1) is 0 Å². The molecule has 0 bridgehead atoms. The largest absolute Gasteiger partial charge is 0.385 e. The third-order valence-electron chi connectivity index (χ3n) is 6.54. The monoisotopic (exact) mass is 442 g/mol. The van der Waals surface area contributed by atoms with E-state index in [1.54, 1.807) is 6.20 Å². The van der Waals surface area contributed by atoms with Crippen molar-refractivity contribution in [3.63, 3.8) is 0 Å². The lowest BCUT2D eigenvalue weighted by molar-refractivity contribution is 0.0699. The molecule has 1 aromatic carbocycles. The van der Waals surface area contributed by atoms with Crippen molar-refractivity contribution in [1.82, 2.24) is 10.3 Å². The van der Waals surface area contributed by atoms with Crippen LogP contribution >= 0.6 is 11.6 Å². The number of rotatable bonds is 8. The summed E-state index contributed by atoms with van der Waals surface area (Å²) in [6, 6.07) is 11.7. The topological polar surface area (TPSA) is 58.2 Å². The van der Waals surface area contributed by atoms with Crippen LogP contribution in [0.25, 0.3) is 11.1 Å². The molecule has 0 spiro atoms. The molecule has 2 heterocycles. The lowest BCUT2D eigenvalue weighted by Gasteiger charge is -2.30. The molecule has 0 radical (unpaired) electrons. The van der Waals surface area contributed by atoms with Crippen molar-refractivity contribution in [2.45, 2.75) is 57.5 Å². The molecule has 1 aromatic heterocycles. The smallest absolute Gasteiger partial charge is 0.126 e. The summed E-state index contributed by atoms with van der Waals surface area (Å²) in [7, 11) is 0. The second-order valence-corrected chi connectivity index (χ2v) is 9.22. The molecule has 1 aliphatic heterocycles. The molecule has 5 nitrogen and oxygen atoms in total. The Kier molecular flexibility index (Phi) is 8.06. The zero-order chi connectivity index (χ0) is 21.5. The van der Waals surface area contributed by atoms with Crippen molar-refractivity contribution in [3.05, 3.63) is 41.6 Å². The van der Waals surface area contributed by atoms with Crippen LogP contribution in [0.3, 0.4) is 0 Å². The SMILES string of the molecule is CCNC1CCC(Nc2cc(-c3cccc(NCC4CCOCC4)c3)c(Cl)cn2)CC1. The number of aromatic nitrogens is 1. The first-order chi connectivity index (χ1) is 15.2. The molecule has 0 unspecified atom stereocenters. The number of nitrogens with zero attached hydrogens (tertiary/aromatic N) is 1. The molecule has 1 aliphatic carbocycles. The standard InChI is InChI=1S/C25H35ClN4O/c1-2-27-20-6-8-21(9-7-20)30-25-15-23(24(26)17-29-25)19-4-3-5-22(14-19)28-16-18-10-12-31-13-11-18/h3-5,14-15,17-18,20-21,27-28H,2,6-13,16H2,1H3,(H,29,30). The Bertz CT molecular complexity index is 832. The molecule has 31 heavy (non-hydrogen) atoms. The summed E-state index contributed by atoms with van der Waals surface area (Å²) in [5.41, 5.74) is 3.27. The van der Waals surface area contributed by atoms with Gasteiger partial charge in [0.05, 0.1) is 5.02 Å². The van der Waals surface area contributed by atoms with Crippen molar-refractivity contribution in [2.75, 3.05) is 36.9 Å². The first-order valence-electron chi connectivity index (χ1n) is 11.8. The molecule has 1 saturated heterocycles. The van der Waals surface area contributed by atoms with E-state index in [2.05, 4.69) is 58.2 Å². The average Bonchev–Trinajstić information content (AvgIpc) is 2.81. The van der Waals surface area contributed by atoms with Crippen LogP contribution in [0.2, 0.25) is 5.02 Å². The highest BCUT2D eigenvalue weighted by Gasteiger charge is 2.21. The molecular formula is C25H35ClN4O. The van der Waals surface area contributed by atoms with E-state index in [0.29, 0.717) is 23.0 Å². The summed E-state index contributed by atoms with van der Waals surface area (Å²) in [4.78, 5) is 4.55. The maximum Gasteiger partial charge on any atom is 0.126 e. The first kappa shape index (κ1) is 22.4. The lowest BCUT2D eigenvalue weighted by atomic mass is 9.91. The maximum absolute atomic E-state index is 6.55. The van der Waals surface area contributed by atoms with E-state index >= 15 is 0 Å². The maximum atomic E-state index is 6.55. The van der Waals surface area contributed by atoms with Crippen molar-refractivity contribution in [2.24, 2.45) is 5.92 Å². The van der Waals surface area contributed by atoms with Crippen LogP contribution in [-0.2, 0) is 4.74 Å². The number of ether oxygens (including phenoxy) is 1. The highest BCUT2D eigenvalue weighted by atomic mass is 35.5. The Balaban J connectivity index is 1.40. The van der Waals surface area contributed by atoms with Gasteiger partial charge in [-0.1, -0.05) is 30.7 Å². The normalized spacial score (nSPS) is 22.3.